The standard InChI is InChI=1S/C37H56BN5O12S2/c1-21(2)12-31(38(4)55)43-36(52)24(13-23-8-6-5-7-9-23)14-28(45)26-16-39-25(15-40-26)19-56-57-20-27(37(53)54)42-35(51)22(3)10-11-32(48)41-17-29(46)33(49)34(50)30(47)18-44/h5-9,15-16,21-22,24,27,29-31,33-34,44,46-47,49-50,55H,10-14,17-20H2,1-4H3,(H,41,48)(H,42,51)(H,43,52)(H,53,54)/t22-,24+,27-,29-,30+,31-,33+,34+/m0/s1. The molecule has 316 valence electrons. The van der Waals surface area contributed by atoms with Crippen LogP contribution in [0.15, 0.2) is 42.7 Å². The van der Waals surface area contributed by atoms with E-state index in [1.54, 1.807) is 6.82 Å². The lowest BCUT2D eigenvalue weighted by atomic mass is 9.61. The van der Waals surface area contributed by atoms with Crippen molar-refractivity contribution in [2.75, 3.05) is 18.9 Å². The van der Waals surface area contributed by atoms with E-state index in [4.69, 9.17) is 5.11 Å². The Morgan fingerprint density at radius 2 is 1.54 bits per heavy atom. The van der Waals surface area contributed by atoms with Crippen LogP contribution in [0.1, 0.15) is 68.2 Å². The summed E-state index contributed by atoms with van der Waals surface area (Å²) < 4.78 is 0. The van der Waals surface area contributed by atoms with Gasteiger partial charge in [0.15, 0.2) is 5.78 Å². The molecule has 1 heterocycles. The molecule has 2 rings (SSSR count). The van der Waals surface area contributed by atoms with Gasteiger partial charge in [-0.05, 0) is 30.7 Å². The van der Waals surface area contributed by atoms with Crippen molar-refractivity contribution in [3.8, 4) is 0 Å². The summed E-state index contributed by atoms with van der Waals surface area (Å²) in [5.74, 6) is -4.54. The predicted molar refractivity (Wildman–Crippen MR) is 216 cm³/mol. The van der Waals surface area contributed by atoms with Gasteiger partial charge in [-0.15, -0.1) is 0 Å². The van der Waals surface area contributed by atoms with Gasteiger partial charge in [0.25, 0.3) is 0 Å². The third-order valence-corrected chi connectivity index (χ3v) is 11.3. The van der Waals surface area contributed by atoms with Gasteiger partial charge in [-0.2, -0.15) is 0 Å². The first-order chi connectivity index (χ1) is 26.9. The van der Waals surface area contributed by atoms with Gasteiger partial charge in [-0.1, -0.05) is 79.5 Å². The number of ketones is 1. The first kappa shape index (κ1) is 49.5. The average Bonchev–Trinajstić information content (AvgIpc) is 3.18. The average molecular weight is 838 g/mol. The van der Waals surface area contributed by atoms with Gasteiger partial charge in [0.1, 0.15) is 30.0 Å². The zero-order valence-electron chi connectivity index (χ0n) is 32.6. The minimum atomic E-state index is -1.84. The highest BCUT2D eigenvalue weighted by atomic mass is 33.1. The molecule has 0 saturated carbocycles. The van der Waals surface area contributed by atoms with Crippen molar-refractivity contribution in [3.05, 3.63) is 59.7 Å². The van der Waals surface area contributed by atoms with E-state index in [1.165, 1.54) is 40.9 Å². The van der Waals surface area contributed by atoms with Crippen LogP contribution in [-0.2, 0) is 31.4 Å². The molecular weight excluding hydrogens is 781 g/mol. The molecular formula is C37H56BN5O12S2. The monoisotopic (exact) mass is 837 g/mol. The summed E-state index contributed by atoms with van der Waals surface area (Å²) in [7, 11) is 2.44. The van der Waals surface area contributed by atoms with Crippen LogP contribution >= 0.6 is 21.6 Å². The third-order valence-electron chi connectivity index (χ3n) is 8.98. The quantitative estimate of drug-likeness (QED) is 0.0246. The van der Waals surface area contributed by atoms with E-state index < -0.39 is 86.1 Å². The Balaban J connectivity index is 1.86. The van der Waals surface area contributed by atoms with Gasteiger partial charge >= 0.3 is 12.9 Å². The Hall–Kier alpha value is -3.63. The zero-order chi connectivity index (χ0) is 42.7. The Labute approximate surface area is 340 Å². The number of aliphatic carboxylic acids is 1. The molecule has 57 heavy (non-hydrogen) atoms. The fourth-order valence-corrected chi connectivity index (χ4v) is 7.54. The highest BCUT2D eigenvalue weighted by molar-refractivity contribution is 8.76. The number of nitrogens with zero attached hydrogens (tertiary/aromatic N) is 2. The van der Waals surface area contributed by atoms with E-state index >= 15 is 0 Å². The second-order valence-corrected chi connectivity index (χ2v) is 16.9. The number of Topliss-reactive ketones (excluding diaryl/α,β-unsaturated/α-hetero) is 1. The molecule has 0 fully saturated rings. The Morgan fingerprint density at radius 3 is 2.12 bits per heavy atom. The molecule has 0 bridgehead atoms. The number of amides is 3. The van der Waals surface area contributed by atoms with Crippen molar-refractivity contribution >= 4 is 58.0 Å². The number of carboxylic acid groups (broad SMARTS) is 1. The first-order valence-corrected chi connectivity index (χ1v) is 21.2. The largest absolute Gasteiger partial charge is 0.480 e. The number of aromatic nitrogens is 2. The van der Waals surface area contributed by atoms with E-state index in [2.05, 4.69) is 25.9 Å². The summed E-state index contributed by atoms with van der Waals surface area (Å²) in [6, 6.07) is 8.09. The van der Waals surface area contributed by atoms with Crippen molar-refractivity contribution in [2.45, 2.75) is 102 Å². The summed E-state index contributed by atoms with van der Waals surface area (Å²) in [6.07, 6.45) is -3.62. The number of rotatable bonds is 27. The van der Waals surface area contributed by atoms with Crippen LogP contribution in [0.5, 0.6) is 0 Å². The second kappa shape index (κ2) is 25.7. The van der Waals surface area contributed by atoms with Gasteiger partial charge < -0.3 is 51.6 Å². The lowest BCUT2D eigenvalue weighted by Gasteiger charge is -2.25. The minimum Gasteiger partial charge on any atom is -0.480 e. The molecule has 20 heteroatoms. The number of carbonyl (C=O) groups is 5. The lowest BCUT2D eigenvalue weighted by Crippen LogP contribution is -2.49. The van der Waals surface area contributed by atoms with E-state index in [1.807, 2.05) is 44.2 Å². The van der Waals surface area contributed by atoms with Crippen molar-refractivity contribution < 1.29 is 59.6 Å². The fraction of sp³-hybridized carbons (Fsp3) is 0.595. The molecule has 0 aliphatic rings. The number of aliphatic hydroxyl groups excluding tert-OH is 5. The Morgan fingerprint density at radius 1 is 0.877 bits per heavy atom. The van der Waals surface area contributed by atoms with E-state index in [9.17, 15) is 54.5 Å². The number of benzene rings is 1. The summed E-state index contributed by atoms with van der Waals surface area (Å²) in [4.78, 5) is 72.1. The molecule has 0 aliphatic carbocycles. The van der Waals surface area contributed by atoms with Crippen molar-refractivity contribution in [1.82, 2.24) is 25.9 Å². The zero-order valence-corrected chi connectivity index (χ0v) is 34.2. The highest BCUT2D eigenvalue weighted by Crippen LogP contribution is 2.26. The normalized spacial score (nSPS) is 15.6. The maximum Gasteiger partial charge on any atom is 0.327 e. The number of hydrogen-bond donors (Lipinski definition) is 10. The van der Waals surface area contributed by atoms with Crippen LogP contribution < -0.4 is 16.0 Å². The van der Waals surface area contributed by atoms with E-state index in [0.717, 1.165) is 5.56 Å². The van der Waals surface area contributed by atoms with Gasteiger partial charge in [-0.3, -0.25) is 24.2 Å². The maximum atomic E-state index is 13.4. The number of carbonyl (C=O) groups excluding carboxylic acids is 4. The maximum absolute atomic E-state index is 13.4. The lowest BCUT2D eigenvalue weighted by molar-refractivity contribution is -0.141. The minimum absolute atomic E-state index is 0.00204. The molecule has 8 atom stereocenters. The summed E-state index contributed by atoms with van der Waals surface area (Å²) in [6.45, 7) is 5.04. The third kappa shape index (κ3) is 18.2. The molecule has 0 saturated heterocycles. The molecule has 1 aromatic carbocycles. The van der Waals surface area contributed by atoms with Gasteiger partial charge in [0, 0.05) is 48.7 Å². The smallest absolute Gasteiger partial charge is 0.327 e. The topological polar surface area (TPSA) is 289 Å². The molecule has 1 aromatic heterocycles. The van der Waals surface area contributed by atoms with E-state index in [0.29, 0.717) is 24.3 Å². The molecule has 10 N–H and O–H groups in total. The number of hydrogen-bond acceptors (Lipinski definition) is 15. The Kier molecular flexibility index (Phi) is 22.3. The fourth-order valence-electron chi connectivity index (χ4n) is 5.42. The van der Waals surface area contributed by atoms with Gasteiger partial charge in [0.05, 0.1) is 30.8 Å². The number of aliphatic hydroxyl groups is 5. The van der Waals surface area contributed by atoms with Crippen LogP contribution in [0.3, 0.4) is 0 Å². The molecule has 2 aromatic rings. The summed E-state index contributed by atoms with van der Waals surface area (Å²) in [5, 5.41) is 75.4. The van der Waals surface area contributed by atoms with Crippen LogP contribution in [0.25, 0.3) is 0 Å². The molecule has 0 radical (unpaired) electrons. The molecule has 0 unspecified atom stereocenters. The SMILES string of the molecule is CB(O)[C@H](CC(C)C)NC(=O)[C@@H](CC(=O)c1cnc(CSSC[C@H](NC(=O)[C@@H](C)CCC(=O)NC[C@H](O)[C@@H](O)[C@H](O)[C@H](O)CO)C(=O)O)cn1)Cc1ccccc1. The van der Waals surface area contributed by atoms with Crippen LogP contribution in [0.2, 0.25) is 6.82 Å². The Bertz CT molecular complexity index is 1560. The molecule has 0 spiro atoms. The number of nitrogens with one attached hydrogen (secondary N) is 3. The highest BCUT2D eigenvalue weighted by Gasteiger charge is 2.31. The van der Waals surface area contributed by atoms with E-state index in [-0.39, 0.29) is 48.3 Å². The van der Waals surface area contributed by atoms with Gasteiger partial charge in [0.2, 0.25) is 17.7 Å². The first-order valence-electron chi connectivity index (χ1n) is 18.7. The molecule has 3 amide bonds. The molecule has 17 nitrogen and oxygen atoms in total. The van der Waals surface area contributed by atoms with Crippen molar-refractivity contribution in [1.29, 1.82) is 0 Å². The van der Waals surface area contributed by atoms with Crippen LogP contribution in [0.4, 0.5) is 0 Å². The predicted octanol–water partition coefficient (Wildman–Crippen LogP) is 0.0112. The summed E-state index contributed by atoms with van der Waals surface area (Å²) in [5.41, 5.74) is 1.48. The van der Waals surface area contributed by atoms with Crippen molar-refractivity contribution in [2.24, 2.45) is 17.8 Å². The number of carboxylic acids is 1. The molecule has 0 aliphatic heterocycles. The van der Waals surface area contributed by atoms with Crippen LogP contribution in [0, 0.1) is 17.8 Å². The van der Waals surface area contributed by atoms with Crippen molar-refractivity contribution in [3.63, 3.8) is 0 Å². The second-order valence-electron chi connectivity index (χ2n) is 14.4. The van der Waals surface area contributed by atoms with Gasteiger partial charge in [-0.25, -0.2) is 9.78 Å². The summed E-state index contributed by atoms with van der Waals surface area (Å²) >= 11 is 0. The van der Waals surface area contributed by atoms with Crippen LogP contribution in [-0.4, -0.2) is 137 Å².